The van der Waals surface area contributed by atoms with Crippen molar-refractivity contribution in [1.29, 1.82) is 0 Å². The molecule has 0 aliphatic rings. The van der Waals surface area contributed by atoms with Crippen LogP contribution in [-0.4, -0.2) is 50.9 Å². The van der Waals surface area contributed by atoms with Gasteiger partial charge in [0.2, 0.25) is 0 Å². The molecule has 4 aromatic rings. The Morgan fingerprint density at radius 3 is 2.26 bits per heavy atom. The van der Waals surface area contributed by atoms with Crippen LogP contribution in [0.4, 0.5) is 13.2 Å². The Balaban J connectivity index is 1.54. The number of methoxy groups -OCH3 is 1. The van der Waals surface area contributed by atoms with E-state index in [1.54, 1.807) is 7.11 Å². The van der Waals surface area contributed by atoms with Crippen LogP contribution in [-0.2, 0) is 12.2 Å². The quantitative estimate of drug-likeness (QED) is 0.218. The van der Waals surface area contributed by atoms with Gasteiger partial charge in [-0.1, -0.05) is 29.1 Å². The molecule has 0 aliphatic carbocycles. The van der Waals surface area contributed by atoms with Crippen molar-refractivity contribution in [2.45, 2.75) is 37.5 Å². The number of alkyl halides is 3. The summed E-state index contributed by atoms with van der Waals surface area (Å²) in [5.41, 5.74) is 3.56. The zero-order valence-corrected chi connectivity index (χ0v) is 22.1. The number of benzene rings is 2. The van der Waals surface area contributed by atoms with Crippen LogP contribution in [0.1, 0.15) is 33.1 Å². The number of thioether (sulfide) groups is 1. The van der Waals surface area contributed by atoms with Crippen LogP contribution in [0.15, 0.2) is 59.8 Å². The van der Waals surface area contributed by atoms with Gasteiger partial charge < -0.3 is 14.8 Å². The number of amides is 1. The van der Waals surface area contributed by atoms with Gasteiger partial charge in [0.15, 0.2) is 10.9 Å². The van der Waals surface area contributed by atoms with E-state index in [1.165, 1.54) is 40.7 Å². The fourth-order valence-electron chi connectivity index (χ4n) is 3.69. The predicted molar refractivity (Wildman–Crippen MR) is 138 cm³/mol. The molecule has 1 amide bonds. The number of aryl methyl sites for hydroxylation is 2. The topological polar surface area (TPSA) is 104 Å². The Labute approximate surface area is 226 Å². The van der Waals surface area contributed by atoms with Crippen LogP contribution < -0.4 is 14.8 Å². The SMILES string of the molecule is COc1ccc(CCNC(=O)c2nnn(-c3ccc(OC(F)(F)F)cc3)c2CSc2nc(C)cc(C)n2)cc1. The number of halogens is 3. The lowest BCUT2D eigenvalue weighted by molar-refractivity contribution is -0.274. The van der Waals surface area contributed by atoms with Crippen molar-refractivity contribution >= 4 is 17.7 Å². The van der Waals surface area contributed by atoms with Crippen LogP contribution in [0.25, 0.3) is 5.69 Å². The molecule has 0 atom stereocenters. The van der Waals surface area contributed by atoms with E-state index >= 15 is 0 Å². The molecule has 13 heteroatoms. The molecule has 2 aromatic carbocycles. The third-order valence-electron chi connectivity index (χ3n) is 5.45. The van der Waals surface area contributed by atoms with E-state index in [2.05, 4.69) is 30.3 Å². The first-order chi connectivity index (χ1) is 18.6. The third kappa shape index (κ3) is 7.69. The molecule has 9 nitrogen and oxygen atoms in total. The molecule has 39 heavy (non-hydrogen) atoms. The Bertz CT molecular complexity index is 1410. The van der Waals surface area contributed by atoms with E-state index in [4.69, 9.17) is 4.74 Å². The summed E-state index contributed by atoms with van der Waals surface area (Å²) >= 11 is 1.29. The van der Waals surface area contributed by atoms with Crippen molar-refractivity contribution in [2.24, 2.45) is 0 Å². The normalized spacial score (nSPS) is 11.3. The van der Waals surface area contributed by atoms with Gasteiger partial charge in [-0.25, -0.2) is 14.6 Å². The van der Waals surface area contributed by atoms with Crippen molar-refractivity contribution in [1.82, 2.24) is 30.3 Å². The van der Waals surface area contributed by atoms with Gasteiger partial charge in [0.25, 0.3) is 5.91 Å². The highest BCUT2D eigenvalue weighted by atomic mass is 32.2. The first kappa shape index (κ1) is 27.9. The fourth-order valence-corrected chi connectivity index (χ4v) is 4.63. The van der Waals surface area contributed by atoms with Crippen molar-refractivity contribution in [2.75, 3.05) is 13.7 Å². The largest absolute Gasteiger partial charge is 0.573 e. The molecular formula is C26H25F3N6O3S. The maximum atomic E-state index is 13.1. The van der Waals surface area contributed by atoms with Gasteiger partial charge in [-0.05, 0) is 68.3 Å². The summed E-state index contributed by atoms with van der Waals surface area (Å²) in [5, 5.41) is 11.6. The number of hydrogen-bond acceptors (Lipinski definition) is 8. The van der Waals surface area contributed by atoms with E-state index < -0.39 is 12.3 Å². The van der Waals surface area contributed by atoms with Gasteiger partial charge in [-0.3, -0.25) is 4.79 Å². The molecule has 0 bridgehead atoms. The number of nitrogens with one attached hydrogen (secondary N) is 1. The summed E-state index contributed by atoms with van der Waals surface area (Å²) in [5.74, 6) is 0.177. The Morgan fingerprint density at radius 1 is 1.00 bits per heavy atom. The van der Waals surface area contributed by atoms with Crippen molar-refractivity contribution < 1.29 is 27.4 Å². The number of carbonyl (C=O) groups is 1. The summed E-state index contributed by atoms with van der Waals surface area (Å²) < 4.78 is 48.2. The van der Waals surface area contributed by atoms with E-state index in [-0.39, 0.29) is 17.2 Å². The van der Waals surface area contributed by atoms with Crippen molar-refractivity contribution in [3.63, 3.8) is 0 Å². The molecule has 0 spiro atoms. The first-order valence-corrected chi connectivity index (χ1v) is 12.8. The zero-order valence-electron chi connectivity index (χ0n) is 21.3. The first-order valence-electron chi connectivity index (χ1n) is 11.8. The Kier molecular flexibility index (Phi) is 8.69. The Hall–Kier alpha value is -4.13. The summed E-state index contributed by atoms with van der Waals surface area (Å²) in [6.45, 7) is 4.07. The highest BCUT2D eigenvalue weighted by Gasteiger charge is 2.31. The van der Waals surface area contributed by atoms with Crippen LogP contribution in [0.2, 0.25) is 0 Å². The third-order valence-corrected chi connectivity index (χ3v) is 6.31. The van der Waals surface area contributed by atoms with Crippen molar-refractivity contribution in [3.05, 3.63) is 82.9 Å². The second-order valence-corrected chi connectivity index (χ2v) is 9.36. The molecule has 0 fully saturated rings. The van der Waals surface area contributed by atoms with E-state index in [9.17, 15) is 18.0 Å². The van der Waals surface area contributed by atoms with E-state index in [1.807, 2.05) is 44.2 Å². The summed E-state index contributed by atoms with van der Waals surface area (Å²) in [4.78, 5) is 21.9. The van der Waals surface area contributed by atoms with Crippen LogP contribution in [0.5, 0.6) is 11.5 Å². The lowest BCUT2D eigenvalue weighted by Gasteiger charge is -2.11. The predicted octanol–water partition coefficient (Wildman–Crippen LogP) is 4.85. The van der Waals surface area contributed by atoms with E-state index in [0.717, 1.165) is 22.7 Å². The second-order valence-electron chi connectivity index (χ2n) is 8.41. The molecule has 0 unspecified atom stereocenters. The second kappa shape index (κ2) is 12.2. The molecular weight excluding hydrogens is 533 g/mol. The molecule has 0 saturated carbocycles. The lowest BCUT2D eigenvalue weighted by atomic mass is 10.1. The molecule has 0 saturated heterocycles. The maximum Gasteiger partial charge on any atom is 0.573 e. The monoisotopic (exact) mass is 558 g/mol. The summed E-state index contributed by atoms with van der Waals surface area (Å²) in [6.07, 6.45) is -4.22. The average molecular weight is 559 g/mol. The van der Waals surface area contributed by atoms with Gasteiger partial charge in [0.1, 0.15) is 11.5 Å². The van der Waals surface area contributed by atoms with Crippen LogP contribution in [0, 0.1) is 13.8 Å². The number of nitrogens with zero attached hydrogens (tertiary/aromatic N) is 5. The van der Waals surface area contributed by atoms with Gasteiger partial charge in [0, 0.05) is 23.7 Å². The maximum absolute atomic E-state index is 13.1. The molecule has 4 rings (SSSR count). The number of carbonyl (C=O) groups excluding carboxylic acids is 1. The Morgan fingerprint density at radius 2 is 1.64 bits per heavy atom. The van der Waals surface area contributed by atoms with Crippen LogP contribution >= 0.6 is 11.8 Å². The lowest BCUT2D eigenvalue weighted by Crippen LogP contribution is -2.27. The minimum atomic E-state index is -4.81. The molecule has 1 N–H and O–H groups in total. The highest BCUT2D eigenvalue weighted by molar-refractivity contribution is 7.98. The molecule has 204 valence electrons. The molecule has 2 aromatic heterocycles. The van der Waals surface area contributed by atoms with E-state index in [0.29, 0.717) is 29.5 Å². The van der Waals surface area contributed by atoms with Crippen molar-refractivity contribution in [3.8, 4) is 17.2 Å². The number of aromatic nitrogens is 5. The minimum Gasteiger partial charge on any atom is -0.497 e. The minimum absolute atomic E-state index is 0.0947. The number of hydrogen-bond donors (Lipinski definition) is 1. The standard InChI is InChI=1S/C26H25F3N6O3S/c1-16-14-17(2)32-25(31-16)39-15-22-23(24(36)30-13-12-18-4-8-20(37-3)9-5-18)33-34-35(22)19-6-10-21(11-7-19)38-26(27,28)29/h4-11,14H,12-13,15H2,1-3H3,(H,30,36). The smallest absolute Gasteiger partial charge is 0.497 e. The fraction of sp³-hybridized carbons (Fsp3) is 0.269. The molecule has 0 aliphatic heterocycles. The van der Waals surface area contributed by atoms with Gasteiger partial charge >= 0.3 is 6.36 Å². The molecule has 0 radical (unpaired) electrons. The summed E-state index contributed by atoms with van der Waals surface area (Å²) in [7, 11) is 1.59. The zero-order chi connectivity index (χ0) is 28.0. The van der Waals surface area contributed by atoms with Crippen LogP contribution in [0.3, 0.4) is 0 Å². The van der Waals surface area contributed by atoms with Gasteiger partial charge in [0.05, 0.1) is 18.5 Å². The number of rotatable bonds is 10. The highest BCUT2D eigenvalue weighted by Crippen LogP contribution is 2.26. The van der Waals surface area contributed by atoms with Gasteiger partial charge in [-0.2, -0.15) is 0 Å². The van der Waals surface area contributed by atoms with Gasteiger partial charge in [-0.15, -0.1) is 18.3 Å². The molecule has 2 heterocycles. The summed E-state index contributed by atoms with van der Waals surface area (Å²) in [6, 6.07) is 14.5. The average Bonchev–Trinajstić information content (AvgIpc) is 3.31. The number of ether oxygens (including phenoxy) is 2.